The fourth-order valence-corrected chi connectivity index (χ4v) is 2.22. The number of rotatable bonds is 4. The molecular formula is C17H18N6O2. The van der Waals surface area contributed by atoms with Gasteiger partial charge in [0.15, 0.2) is 5.69 Å². The average molecular weight is 338 g/mol. The van der Waals surface area contributed by atoms with E-state index >= 15 is 0 Å². The van der Waals surface area contributed by atoms with Crippen LogP contribution < -0.4 is 16.4 Å². The molecule has 5 N–H and O–H groups in total. The Kier molecular flexibility index (Phi) is 5.53. The molecule has 8 nitrogen and oxygen atoms in total. The number of hydrogen-bond acceptors (Lipinski definition) is 6. The zero-order chi connectivity index (χ0) is 18.4. The van der Waals surface area contributed by atoms with Crippen molar-refractivity contribution in [1.29, 1.82) is 10.7 Å². The van der Waals surface area contributed by atoms with Crippen molar-refractivity contribution < 1.29 is 9.53 Å². The first-order valence-corrected chi connectivity index (χ1v) is 7.42. The number of methoxy groups -OCH3 is 1. The number of nitrogen functional groups attached to an aromatic ring is 1. The van der Waals surface area contributed by atoms with E-state index in [2.05, 4.69) is 15.6 Å². The summed E-state index contributed by atoms with van der Waals surface area (Å²) in [7, 11) is 1.30. The van der Waals surface area contributed by atoms with Gasteiger partial charge in [-0.2, -0.15) is 5.26 Å². The molecule has 2 aromatic rings. The number of urea groups is 1. The van der Waals surface area contributed by atoms with Crippen LogP contribution in [0.4, 0.5) is 16.3 Å². The van der Waals surface area contributed by atoms with Crippen molar-refractivity contribution in [3.05, 3.63) is 53.2 Å². The second kappa shape index (κ2) is 7.79. The molecule has 0 aliphatic carbocycles. The lowest BCUT2D eigenvalue weighted by Crippen LogP contribution is -2.31. The molecular weight excluding hydrogens is 320 g/mol. The van der Waals surface area contributed by atoms with E-state index in [0.717, 1.165) is 5.56 Å². The Labute approximate surface area is 145 Å². The summed E-state index contributed by atoms with van der Waals surface area (Å²) < 4.78 is 4.79. The van der Waals surface area contributed by atoms with Gasteiger partial charge in [0.2, 0.25) is 5.90 Å². The number of nitriles is 1. The molecule has 0 fully saturated rings. The third kappa shape index (κ3) is 4.23. The number of carbonyl (C=O) groups is 1. The number of benzene rings is 1. The topological polar surface area (TPSA) is 137 Å². The molecule has 0 aliphatic rings. The summed E-state index contributed by atoms with van der Waals surface area (Å²) in [5.74, 6) is -0.158. The van der Waals surface area contributed by atoms with Gasteiger partial charge < -0.3 is 15.8 Å². The Balaban J connectivity index is 2.15. The van der Waals surface area contributed by atoms with E-state index in [-0.39, 0.29) is 34.7 Å². The molecule has 0 spiro atoms. The molecule has 0 radical (unpaired) electrons. The van der Waals surface area contributed by atoms with Gasteiger partial charge in [-0.15, -0.1) is 0 Å². The molecule has 0 aliphatic heterocycles. The number of nitrogens with zero attached hydrogens (tertiary/aromatic N) is 2. The largest absolute Gasteiger partial charge is 0.481 e. The zero-order valence-corrected chi connectivity index (χ0v) is 13.8. The van der Waals surface area contributed by atoms with Crippen molar-refractivity contribution in [2.24, 2.45) is 0 Å². The second-order valence-corrected chi connectivity index (χ2v) is 5.20. The van der Waals surface area contributed by atoms with Crippen molar-refractivity contribution in [2.45, 2.75) is 13.0 Å². The molecule has 2 amide bonds. The van der Waals surface area contributed by atoms with Crippen molar-refractivity contribution in [3.63, 3.8) is 0 Å². The van der Waals surface area contributed by atoms with Crippen LogP contribution in [0.5, 0.6) is 0 Å². The van der Waals surface area contributed by atoms with E-state index in [1.165, 1.54) is 13.2 Å². The molecule has 1 atom stereocenters. The third-order valence-electron chi connectivity index (χ3n) is 3.48. The molecule has 0 saturated heterocycles. The summed E-state index contributed by atoms with van der Waals surface area (Å²) in [6, 6.07) is 12.0. The van der Waals surface area contributed by atoms with Crippen LogP contribution in [0, 0.1) is 16.7 Å². The van der Waals surface area contributed by atoms with Gasteiger partial charge in [0.25, 0.3) is 0 Å². The van der Waals surface area contributed by atoms with Gasteiger partial charge in [-0.3, -0.25) is 10.7 Å². The number of anilines is 2. The molecule has 25 heavy (non-hydrogen) atoms. The lowest BCUT2D eigenvalue weighted by Gasteiger charge is -2.15. The maximum absolute atomic E-state index is 12.1. The maximum atomic E-state index is 12.1. The molecule has 0 bridgehead atoms. The molecule has 1 aromatic heterocycles. The molecule has 0 unspecified atom stereocenters. The van der Waals surface area contributed by atoms with E-state index in [1.54, 1.807) is 0 Å². The van der Waals surface area contributed by atoms with E-state index in [4.69, 9.17) is 15.9 Å². The number of hydrogen-bond donors (Lipinski definition) is 4. The first-order valence-electron chi connectivity index (χ1n) is 7.42. The van der Waals surface area contributed by atoms with Crippen LogP contribution in [0.1, 0.15) is 29.8 Å². The Hall–Kier alpha value is -3.60. The van der Waals surface area contributed by atoms with E-state index < -0.39 is 6.03 Å². The van der Waals surface area contributed by atoms with Crippen molar-refractivity contribution in [3.8, 4) is 6.07 Å². The first-order chi connectivity index (χ1) is 12.0. The monoisotopic (exact) mass is 338 g/mol. The predicted octanol–water partition coefficient (Wildman–Crippen LogP) is 2.39. The highest BCUT2D eigenvalue weighted by molar-refractivity contribution is 6.00. The zero-order valence-electron chi connectivity index (χ0n) is 13.8. The van der Waals surface area contributed by atoms with Gasteiger partial charge in [-0.05, 0) is 12.5 Å². The summed E-state index contributed by atoms with van der Waals surface area (Å²) in [5.41, 5.74) is 6.92. The number of ether oxygens (including phenoxy) is 1. The Morgan fingerprint density at radius 1 is 1.40 bits per heavy atom. The van der Waals surface area contributed by atoms with Crippen molar-refractivity contribution >= 4 is 23.4 Å². The number of nitrogens with two attached hydrogens (primary N) is 1. The van der Waals surface area contributed by atoms with Gasteiger partial charge in [-0.25, -0.2) is 9.78 Å². The van der Waals surface area contributed by atoms with Gasteiger partial charge in [0.05, 0.1) is 24.4 Å². The minimum Gasteiger partial charge on any atom is -0.481 e. The van der Waals surface area contributed by atoms with Crippen LogP contribution >= 0.6 is 0 Å². The summed E-state index contributed by atoms with van der Waals surface area (Å²) in [6.45, 7) is 1.85. The number of aromatic nitrogens is 1. The van der Waals surface area contributed by atoms with Crippen molar-refractivity contribution in [1.82, 2.24) is 10.3 Å². The summed E-state index contributed by atoms with van der Waals surface area (Å²) >= 11 is 0. The lowest BCUT2D eigenvalue weighted by atomic mass is 10.1. The van der Waals surface area contributed by atoms with Gasteiger partial charge in [0.1, 0.15) is 11.9 Å². The third-order valence-corrected chi connectivity index (χ3v) is 3.48. The van der Waals surface area contributed by atoms with Crippen LogP contribution in [0.3, 0.4) is 0 Å². The van der Waals surface area contributed by atoms with Gasteiger partial charge in [0, 0.05) is 6.07 Å². The first kappa shape index (κ1) is 17.7. The molecule has 128 valence electrons. The normalized spacial score (nSPS) is 11.1. The number of pyridine rings is 1. The highest BCUT2D eigenvalue weighted by Gasteiger charge is 2.17. The fraction of sp³-hybridized carbons (Fsp3) is 0.176. The van der Waals surface area contributed by atoms with E-state index in [1.807, 2.05) is 43.3 Å². The number of carbonyl (C=O) groups excluding carboxylic acids is 1. The molecule has 0 saturated carbocycles. The molecule has 8 heteroatoms. The van der Waals surface area contributed by atoms with Crippen molar-refractivity contribution in [2.75, 3.05) is 18.2 Å². The van der Waals surface area contributed by atoms with E-state index in [0.29, 0.717) is 0 Å². The number of nitrogens with one attached hydrogen (secondary N) is 3. The quantitative estimate of drug-likeness (QED) is 0.501. The average Bonchev–Trinajstić information content (AvgIpc) is 2.61. The van der Waals surface area contributed by atoms with Crippen LogP contribution in [0.15, 0.2) is 36.4 Å². The Bertz CT molecular complexity index is 829. The summed E-state index contributed by atoms with van der Waals surface area (Å²) in [5, 5.41) is 22.2. The summed E-state index contributed by atoms with van der Waals surface area (Å²) in [4.78, 5) is 16.1. The van der Waals surface area contributed by atoms with Crippen LogP contribution in [-0.2, 0) is 4.74 Å². The Morgan fingerprint density at radius 3 is 2.68 bits per heavy atom. The van der Waals surface area contributed by atoms with Crippen LogP contribution in [0.25, 0.3) is 0 Å². The minimum absolute atomic E-state index is 0.0913. The van der Waals surface area contributed by atoms with Gasteiger partial charge >= 0.3 is 6.03 Å². The fourth-order valence-electron chi connectivity index (χ4n) is 2.22. The lowest BCUT2D eigenvalue weighted by molar-refractivity contribution is 0.249. The minimum atomic E-state index is -0.485. The molecule has 1 aromatic carbocycles. The standard InChI is InChI=1S/C17H18N6O2/c1-10(11-6-4-3-5-7-11)21-17(24)23-14-8-12(19)15(16(20)25-2)13(9-18)22-14/h3-8,10,20H,1-2H3,(H4,19,21,22,23,24)/t10-/m1/s1. The number of amides is 2. The molecule has 2 rings (SSSR count). The molecule has 1 heterocycles. The highest BCUT2D eigenvalue weighted by atomic mass is 16.5. The second-order valence-electron chi connectivity index (χ2n) is 5.20. The van der Waals surface area contributed by atoms with Crippen LogP contribution in [0.2, 0.25) is 0 Å². The maximum Gasteiger partial charge on any atom is 0.320 e. The smallest absolute Gasteiger partial charge is 0.320 e. The SMILES string of the molecule is COC(=N)c1c(N)cc(NC(=O)N[C@H](C)c2ccccc2)nc1C#N. The van der Waals surface area contributed by atoms with E-state index in [9.17, 15) is 10.1 Å². The Morgan fingerprint density at radius 2 is 2.08 bits per heavy atom. The van der Waals surface area contributed by atoms with Crippen LogP contribution in [-0.4, -0.2) is 24.0 Å². The highest BCUT2D eigenvalue weighted by Crippen LogP contribution is 2.20. The predicted molar refractivity (Wildman–Crippen MR) is 94.2 cm³/mol. The summed E-state index contributed by atoms with van der Waals surface area (Å²) in [6.07, 6.45) is 0. The van der Waals surface area contributed by atoms with Gasteiger partial charge in [-0.1, -0.05) is 30.3 Å².